The molecule has 1 heterocycles. The maximum absolute atomic E-state index is 12.6. The van der Waals surface area contributed by atoms with Gasteiger partial charge in [0.2, 0.25) is 10.0 Å². The lowest BCUT2D eigenvalue weighted by Crippen LogP contribution is -2.30. The van der Waals surface area contributed by atoms with Crippen molar-refractivity contribution >= 4 is 21.6 Å². The molecule has 0 bridgehead atoms. The molecule has 1 unspecified atom stereocenters. The molecule has 30 heavy (non-hydrogen) atoms. The third kappa shape index (κ3) is 4.37. The van der Waals surface area contributed by atoms with Crippen LogP contribution in [-0.4, -0.2) is 37.8 Å². The second-order valence-corrected chi connectivity index (χ2v) is 9.92. The fourth-order valence-corrected chi connectivity index (χ4v) is 5.65. The molecule has 1 fully saturated rings. The van der Waals surface area contributed by atoms with Gasteiger partial charge in [-0.15, -0.1) is 0 Å². The van der Waals surface area contributed by atoms with Gasteiger partial charge < -0.3 is 10.1 Å². The summed E-state index contributed by atoms with van der Waals surface area (Å²) in [5, 5.41) is 2.82. The lowest BCUT2D eigenvalue weighted by atomic mass is 9.91. The zero-order valence-electron chi connectivity index (χ0n) is 17.3. The van der Waals surface area contributed by atoms with Crippen LogP contribution in [0.3, 0.4) is 0 Å². The Kier molecular flexibility index (Phi) is 6.11. The van der Waals surface area contributed by atoms with Gasteiger partial charge in [0.1, 0.15) is 5.75 Å². The number of aryl methyl sites for hydroxylation is 1. The average Bonchev–Trinajstić information content (AvgIpc) is 3.30. The molecule has 1 saturated heterocycles. The summed E-state index contributed by atoms with van der Waals surface area (Å²) in [7, 11) is -3.45. The quantitative estimate of drug-likeness (QED) is 0.760. The number of benzene rings is 2. The highest BCUT2D eigenvalue weighted by Crippen LogP contribution is 2.30. The molecule has 4 rings (SSSR count). The van der Waals surface area contributed by atoms with E-state index in [1.807, 2.05) is 12.1 Å². The lowest BCUT2D eigenvalue weighted by molar-refractivity contribution is -0.122. The van der Waals surface area contributed by atoms with E-state index in [0.717, 1.165) is 37.9 Å². The van der Waals surface area contributed by atoms with Gasteiger partial charge in [-0.1, -0.05) is 12.1 Å². The first kappa shape index (κ1) is 20.9. The number of sulfonamides is 1. The zero-order valence-corrected chi connectivity index (χ0v) is 18.1. The Hall–Kier alpha value is -2.38. The van der Waals surface area contributed by atoms with Crippen molar-refractivity contribution in [1.29, 1.82) is 0 Å². The van der Waals surface area contributed by atoms with Gasteiger partial charge in [-0.05, 0) is 86.9 Å². The number of amides is 1. The number of carbonyl (C=O) groups is 1. The van der Waals surface area contributed by atoms with Crippen LogP contribution in [0.25, 0.3) is 0 Å². The van der Waals surface area contributed by atoms with Gasteiger partial charge in [-0.2, -0.15) is 4.31 Å². The molecule has 6 nitrogen and oxygen atoms in total. The van der Waals surface area contributed by atoms with Crippen LogP contribution in [0, 0.1) is 0 Å². The summed E-state index contributed by atoms with van der Waals surface area (Å²) in [6.07, 6.45) is 5.50. The van der Waals surface area contributed by atoms with Crippen molar-refractivity contribution in [3.63, 3.8) is 0 Å². The molecule has 2 aromatic carbocycles. The number of fused-ring (bicyclic) bond motifs is 1. The Labute approximate surface area is 178 Å². The van der Waals surface area contributed by atoms with E-state index in [1.165, 1.54) is 21.9 Å². The van der Waals surface area contributed by atoms with E-state index in [-0.39, 0.29) is 10.8 Å². The van der Waals surface area contributed by atoms with E-state index < -0.39 is 16.1 Å². The fourth-order valence-electron chi connectivity index (χ4n) is 4.13. The van der Waals surface area contributed by atoms with E-state index in [4.69, 9.17) is 4.74 Å². The first-order valence-electron chi connectivity index (χ1n) is 10.6. The van der Waals surface area contributed by atoms with E-state index >= 15 is 0 Å². The van der Waals surface area contributed by atoms with Gasteiger partial charge in [-0.3, -0.25) is 4.79 Å². The predicted octanol–water partition coefficient (Wildman–Crippen LogP) is 3.76. The number of rotatable bonds is 6. The van der Waals surface area contributed by atoms with E-state index in [9.17, 15) is 13.2 Å². The SMILES string of the molecule is CC(Oc1cccc2c1CCCC2)C(=O)Nc1ccc(S(=O)(=O)N2CCCC2)cc1. The van der Waals surface area contributed by atoms with E-state index in [2.05, 4.69) is 11.4 Å². The zero-order chi connectivity index (χ0) is 21.1. The molecule has 2 aliphatic rings. The van der Waals surface area contributed by atoms with Crippen molar-refractivity contribution in [2.45, 2.75) is 56.4 Å². The van der Waals surface area contributed by atoms with Crippen molar-refractivity contribution in [1.82, 2.24) is 4.31 Å². The molecule has 1 N–H and O–H groups in total. The summed E-state index contributed by atoms with van der Waals surface area (Å²) in [4.78, 5) is 12.9. The fraction of sp³-hybridized carbons (Fsp3) is 0.435. The molecular weight excluding hydrogens is 400 g/mol. The molecule has 1 amide bonds. The highest BCUT2D eigenvalue weighted by molar-refractivity contribution is 7.89. The minimum atomic E-state index is -3.45. The smallest absolute Gasteiger partial charge is 0.265 e. The Morgan fingerprint density at radius 1 is 1.00 bits per heavy atom. The summed E-state index contributed by atoms with van der Waals surface area (Å²) in [5.41, 5.74) is 3.06. The first-order chi connectivity index (χ1) is 14.4. The number of hydrogen-bond donors (Lipinski definition) is 1. The van der Waals surface area contributed by atoms with Crippen molar-refractivity contribution in [3.05, 3.63) is 53.6 Å². The highest BCUT2D eigenvalue weighted by atomic mass is 32.2. The minimum Gasteiger partial charge on any atom is -0.481 e. The molecule has 0 saturated carbocycles. The van der Waals surface area contributed by atoms with Crippen LogP contribution >= 0.6 is 0 Å². The predicted molar refractivity (Wildman–Crippen MR) is 116 cm³/mol. The normalized spacial score (nSPS) is 17.9. The molecule has 2 aromatic rings. The lowest BCUT2D eigenvalue weighted by Gasteiger charge is -2.22. The molecule has 0 spiro atoms. The number of nitrogens with one attached hydrogen (secondary N) is 1. The van der Waals surface area contributed by atoms with Crippen LogP contribution in [0.15, 0.2) is 47.4 Å². The highest BCUT2D eigenvalue weighted by Gasteiger charge is 2.27. The van der Waals surface area contributed by atoms with Gasteiger partial charge in [0.05, 0.1) is 4.90 Å². The molecule has 1 aliphatic carbocycles. The summed E-state index contributed by atoms with van der Waals surface area (Å²) in [5.74, 6) is 0.514. The van der Waals surface area contributed by atoms with Crippen molar-refractivity contribution in [2.75, 3.05) is 18.4 Å². The summed E-state index contributed by atoms with van der Waals surface area (Å²) in [6.45, 7) is 2.86. The van der Waals surface area contributed by atoms with Crippen LogP contribution in [0.2, 0.25) is 0 Å². The average molecular weight is 429 g/mol. The van der Waals surface area contributed by atoms with Crippen LogP contribution in [0.5, 0.6) is 5.75 Å². The van der Waals surface area contributed by atoms with Gasteiger partial charge in [0.25, 0.3) is 5.91 Å². The third-order valence-corrected chi connectivity index (χ3v) is 7.76. The molecule has 160 valence electrons. The molecule has 0 aromatic heterocycles. The maximum atomic E-state index is 12.6. The number of hydrogen-bond acceptors (Lipinski definition) is 4. The Bertz CT molecular complexity index is 1010. The van der Waals surface area contributed by atoms with E-state index in [0.29, 0.717) is 18.8 Å². The van der Waals surface area contributed by atoms with Crippen molar-refractivity contribution in [2.24, 2.45) is 0 Å². The third-order valence-electron chi connectivity index (χ3n) is 5.85. The van der Waals surface area contributed by atoms with Crippen LogP contribution < -0.4 is 10.1 Å². The molecule has 7 heteroatoms. The Morgan fingerprint density at radius 3 is 2.43 bits per heavy atom. The summed E-state index contributed by atoms with van der Waals surface area (Å²) >= 11 is 0. The van der Waals surface area contributed by atoms with Crippen molar-refractivity contribution < 1.29 is 17.9 Å². The van der Waals surface area contributed by atoms with Gasteiger partial charge in [0.15, 0.2) is 6.10 Å². The summed E-state index contributed by atoms with van der Waals surface area (Å²) < 4.78 is 32.7. The van der Waals surface area contributed by atoms with Crippen LogP contribution in [0.1, 0.15) is 43.7 Å². The Morgan fingerprint density at radius 2 is 1.70 bits per heavy atom. The topological polar surface area (TPSA) is 75.7 Å². The molecule has 1 aliphatic heterocycles. The number of nitrogens with zero attached hydrogens (tertiary/aromatic N) is 1. The number of carbonyl (C=O) groups excluding carboxylic acids is 1. The number of anilines is 1. The number of ether oxygens (including phenoxy) is 1. The second kappa shape index (κ2) is 8.78. The molecule has 1 atom stereocenters. The standard InChI is InChI=1S/C23H28N2O4S/c1-17(29-22-10-6-8-18-7-2-3-9-21(18)22)23(26)24-19-11-13-20(14-12-19)30(27,28)25-15-4-5-16-25/h6,8,10-14,17H,2-5,7,9,15-16H2,1H3,(H,24,26). The molecular formula is C23H28N2O4S. The Balaban J connectivity index is 1.40. The van der Waals surface area contributed by atoms with Crippen LogP contribution in [0.4, 0.5) is 5.69 Å². The molecule has 0 radical (unpaired) electrons. The largest absolute Gasteiger partial charge is 0.481 e. The van der Waals surface area contributed by atoms with E-state index in [1.54, 1.807) is 31.2 Å². The van der Waals surface area contributed by atoms with Gasteiger partial charge in [-0.25, -0.2) is 8.42 Å². The first-order valence-corrected chi connectivity index (χ1v) is 12.1. The maximum Gasteiger partial charge on any atom is 0.265 e. The van der Waals surface area contributed by atoms with Crippen molar-refractivity contribution in [3.8, 4) is 5.75 Å². The second-order valence-electron chi connectivity index (χ2n) is 7.99. The van der Waals surface area contributed by atoms with Gasteiger partial charge >= 0.3 is 0 Å². The monoisotopic (exact) mass is 428 g/mol. The minimum absolute atomic E-state index is 0.252. The van der Waals surface area contributed by atoms with Gasteiger partial charge in [0, 0.05) is 18.8 Å². The van der Waals surface area contributed by atoms with Crippen LogP contribution in [-0.2, 0) is 27.7 Å². The summed E-state index contributed by atoms with van der Waals surface area (Å²) in [6, 6.07) is 12.4.